The number of primary amides is 1. The zero-order valence-electron chi connectivity index (χ0n) is 9.38. The van der Waals surface area contributed by atoms with Crippen LogP contribution in [0.3, 0.4) is 0 Å². The molecule has 88 valence electrons. The highest BCUT2D eigenvalue weighted by atomic mass is 35.5. The highest BCUT2D eigenvalue weighted by Crippen LogP contribution is 2.26. The summed E-state index contributed by atoms with van der Waals surface area (Å²) in [5.41, 5.74) is 11.8. The van der Waals surface area contributed by atoms with Crippen LogP contribution in [0.1, 0.15) is 20.3 Å². The summed E-state index contributed by atoms with van der Waals surface area (Å²) in [6.45, 7) is 3.76. The number of nitrogens with two attached hydrogens (primary N) is 2. The molecule has 0 atom stereocenters. The van der Waals surface area contributed by atoms with Gasteiger partial charge in [-0.05, 0) is 32.0 Å². The van der Waals surface area contributed by atoms with E-state index < -0.39 is 5.54 Å². The van der Waals surface area contributed by atoms with E-state index in [-0.39, 0.29) is 12.3 Å². The van der Waals surface area contributed by atoms with Crippen LogP contribution in [0.5, 0.6) is 0 Å². The molecule has 0 aliphatic rings. The summed E-state index contributed by atoms with van der Waals surface area (Å²) >= 11 is 5.79. The number of carbonyl (C=O) groups excluding carboxylic acids is 1. The first-order valence-corrected chi connectivity index (χ1v) is 5.29. The fourth-order valence-corrected chi connectivity index (χ4v) is 1.67. The van der Waals surface area contributed by atoms with Crippen LogP contribution in [0.25, 0.3) is 0 Å². The first kappa shape index (κ1) is 12.6. The zero-order valence-corrected chi connectivity index (χ0v) is 10.1. The normalized spacial score (nSPS) is 11.2. The molecule has 0 fully saturated rings. The number of amides is 1. The third-order valence-corrected chi connectivity index (χ3v) is 2.34. The maximum Gasteiger partial charge on any atom is 0.219 e. The summed E-state index contributed by atoms with van der Waals surface area (Å²) in [6.07, 6.45) is 0.231. The second kappa shape index (κ2) is 4.61. The maximum absolute atomic E-state index is 10.9. The van der Waals surface area contributed by atoms with E-state index in [1.54, 1.807) is 18.2 Å². The van der Waals surface area contributed by atoms with Crippen LogP contribution < -0.4 is 16.8 Å². The summed E-state index contributed by atoms with van der Waals surface area (Å²) in [7, 11) is 0. The lowest BCUT2D eigenvalue weighted by molar-refractivity contribution is -0.118. The van der Waals surface area contributed by atoms with Gasteiger partial charge in [-0.2, -0.15) is 0 Å². The van der Waals surface area contributed by atoms with E-state index in [0.29, 0.717) is 10.7 Å². The number of nitrogens with one attached hydrogen (secondary N) is 1. The predicted molar refractivity (Wildman–Crippen MR) is 67.4 cm³/mol. The number of anilines is 2. The number of hydrogen-bond donors (Lipinski definition) is 3. The van der Waals surface area contributed by atoms with Crippen molar-refractivity contribution >= 4 is 28.9 Å². The number of benzene rings is 1. The molecule has 1 aromatic rings. The largest absolute Gasteiger partial charge is 0.397 e. The molecule has 0 unspecified atom stereocenters. The topological polar surface area (TPSA) is 81.1 Å². The molecule has 1 aromatic carbocycles. The van der Waals surface area contributed by atoms with Crippen LogP contribution in [0.2, 0.25) is 5.02 Å². The molecule has 5 heteroatoms. The number of nitrogen functional groups attached to an aromatic ring is 1. The first-order valence-electron chi connectivity index (χ1n) is 4.92. The van der Waals surface area contributed by atoms with Crippen molar-refractivity contribution in [1.82, 2.24) is 0 Å². The highest BCUT2D eigenvalue weighted by molar-refractivity contribution is 6.31. The van der Waals surface area contributed by atoms with Gasteiger partial charge < -0.3 is 16.8 Å². The Bertz CT molecular complexity index is 404. The molecule has 4 nitrogen and oxygen atoms in total. The van der Waals surface area contributed by atoms with E-state index >= 15 is 0 Å². The average molecular weight is 242 g/mol. The van der Waals surface area contributed by atoms with Crippen LogP contribution in [0, 0.1) is 0 Å². The van der Waals surface area contributed by atoms with Crippen molar-refractivity contribution in [2.45, 2.75) is 25.8 Å². The third kappa shape index (κ3) is 3.62. The Kier molecular flexibility index (Phi) is 3.65. The van der Waals surface area contributed by atoms with E-state index in [9.17, 15) is 4.79 Å². The highest BCUT2D eigenvalue weighted by Gasteiger charge is 2.20. The minimum Gasteiger partial charge on any atom is -0.397 e. The van der Waals surface area contributed by atoms with Crippen LogP contribution in [-0.4, -0.2) is 11.4 Å². The molecule has 0 aliphatic carbocycles. The second-order valence-corrected chi connectivity index (χ2v) is 4.82. The molecule has 1 rings (SSSR count). The van der Waals surface area contributed by atoms with Gasteiger partial charge in [0.15, 0.2) is 0 Å². The molecular formula is C11H16ClN3O. The van der Waals surface area contributed by atoms with Gasteiger partial charge in [0, 0.05) is 17.0 Å². The molecule has 0 aliphatic heterocycles. The van der Waals surface area contributed by atoms with Crippen LogP contribution >= 0.6 is 11.6 Å². The molecule has 5 N–H and O–H groups in total. The van der Waals surface area contributed by atoms with Gasteiger partial charge >= 0.3 is 0 Å². The molecule has 16 heavy (non-hydrogen) atoms. The molecule has 0 saturated heterocycles. The number of rotatable bonds is 4. The summed E-state index contributed by atoms with van der Waals surface area (Å²) in [6, 6.07) is 5.17. The standard InChI is InChI=1S/C11H16ClN3O/c1-11(2,6-10(14)16)15-9-4-3-7(12)5-8(9)13/h3-5,15H,6,13H2,1-2H3,(H2,14,16). The Morgan fingerprint density at radius 2 is 2.12 bits per heavy atom. The van der Waals surface area contributed by atoms with Crippen molar-refractivity contribution in [2.75, 3.05) is 11.1 Å². The van der Waals surface area contributed by atoms with E-state index in [2.05, 4.69) is 5.32 Å². The average Bonchev–Trinajstić information content (AvgIpc) is 2.07. The smallest absolute Gasteiger partial charge is 0.219 e. The SMILES string of the molecule is CC(C)(CC(N)=O)Nc1ccc(Cl)cc1N. The van der Waals surface area contributed by atoms with Crippen LogP contribution in [0.15, 0.2) is 18.2 Å². The summed E-state index contributed by atoms with van der Waals surface area (Å²) in [4.78, 5) is 10.9. The molecule has 0 heterocycles. The number of carbonyl (C=O) groups is 1. The van der Waals surface area contributed by atoms with E-state index in [1.807, 2.05) is 13.8 Å². The first-order chi connectivity index (χ1) is 7.30. The Hall–Kier alpha value is -1.42. The van der Waals surface area contributed by atoms with Gasteiger partial charge in [0.25, 0.3) is 0 Å². The van der Waals surface area contributed by atoms with Gasteiger partial charge in [-0.25, -0.2) is 0 Å². The van der Waals surface area contributed by atoms with Gasteiger partial charge in [0.2, 0.25) is 5.91 Å². The van der Waals surface area contributed by atoms with Crippen molar-refractivity contribution < 1.29 is 4.79 Å². The van der Waals surface area contributed by atoms with Crippen LogP contribution in [0.4, 0.5) is 11.4 Å². The summed E-state index contributed by atoms with van der Waals surface area (Å²) in [5.74, 6) is -0.356. The van der Waals surface area contributed by atoms with Gasteiger partial charge in [-0.15, -0.1) is 0 Å². The lowest BCUT2D eigenvalue weighted by Gasteiger charge is -2.27. The maximum atomic E-state index is 10.9. The van der Waals surface area contributed by atoms with Crippen molar-refractivity contribution in [3.8, 4) is 0 Å². The van der Waals surface area contributed by atoms with Crippen molar-refractivity contribution in [2.24, 2.45) is 5.73 Å². The summed E-state index contributed by atoms with van der Waals surface area (Å²) < 4.78 is 0. The van der Waals surface area contributed by atoms with Gasteiger partial charge in [-0.1, -0.05) is 11.6 Å². The molecule has 1 amide bonds. The Labute approximate surface area is 100.0 Å². The molecule has 0 spiro atoms. The third-order valence-electron chi connectivity index (χ3n) is 2.10. The zero-order chi connectivity index (χ0) is 12.3. The quantitative estimate of drug-likeness (QED) is 0.705. The Balaban J connectivity index is 2.83. The number of halogens is 1. The fourth-order valence-electron chi connectivity index (χ4n) is 1.49. The van der Waals surface area contributed by atoms with E-state index in [1.165, 1.54) is 0 Å². The van der Waals surface area contributed by atoms with E-state index in [0.717, 1.165) is 5.69 Å². The van der Waals surface area contributed by atoms with Gasteiger partial charge in [-0.3, -0.25) is 4.79 Å². The lowest BCUT2D eigenvalue weighted by Crippen LogP contribution is -2.36. The minimum atomic E-state index is -0.437. The van der Waals surface area contributed by atoms with Gasteiger partial charge in [0.05, 0.1) is 11.4 Å². The van der Waals surface area contributed by atoms with Crippen molar-refractivity contribution in [3.05, 3.63) is 23.2 Å². The molecule has 0 radical (unpaired) electrons. The molecule has 0 bridgehead atoms. The number of hydrogen-bond acceptors (Lipinski definition) is 3. The predicted octanol–water partition coefficient (Wildman–Crippen LogP) is 1.99. The second-order valence-electron chi connectivity index (χ2n) is 4.38. The van der Waals surface area contributed by atoms with Crippen molar-refractivity contribution in [1.29, 1.82) is 0 Å². The van der Waals surface area contributed by atoms with E-state index in [4.69, 9.17) is 23.1 Å². The fraction of sp³-hybridized carbons (Fsp3) is 0.364. The molecular weight excluding hydrogens is 226 g/mol. The lowest BCUT2D eigenvalue weighted by atomic mass is 9.99. The molecule has 0 saturated carbocycles. The Morgan fingerprint density at radius 1 is 1.50 bits per heavy atom. The Morgan fingerprint density at radius 3 is 2.62 bits per heavy atom. The van der Waals surface area contributed by atoms with Crippen molar-refractivity contribution in [3.63, 3.8) is 0 Å². The molecule has 0 aromatic heterocycles. The summed E-state index contributed by atoms with van der Waals surface area (Å²) in [5, 5.41) is 3.74. The van der Waals surface area contributed by atoms with Crippen LogP contribution in [-0.2, 0) is 4.79 Å². The monoisotopic (exact) mass is 241 g/mol. The van der Waals surface area contributed by atoms with Gasteiger partial charge in [0.1, 0.15) is 0 Å². The minimum absolute atomic E-state index is 0.231.